The molecule has 1 aliphatic rings. The fourth-order valence-corrected chi connectivity index (χ4v) is 2.85. The van der Waals surface area contributed by atoms with Gasteiger partial charge in [0.05, 0.1) is 25.7 Å². The summed E-state index contributed by atoms with van der Waals surface area (Å²) in [4.78, 5) is 36.3. The Balaban J connectivity index is 1.68. The van der Waals surface area contributed by atoms with Gasteiger partial charge in [-0.2, -0.15) is 0 Å². The molecule has 1 heterocycles. The van der Waals surface area contributed by atoms with E-state index in [-0.39, 0.29) is 23.2 Å². The van der Waals surface area contributed by atoms with Gasteiger partial charge in [0, 0.05) is 11.3 Å². The number of Topliss-reactive ketones (excluding diaryl/α,β-unsaturated/α-hetero) is 1. The van der Waals surface area contributed by atoms with E-state index in [9.17, 15) is 14.4 Å². The largest absolute Gasteiger partial charge is 0.493 e. The smallest absolute Gasteiger partial charge is 0.338 e. The number of rotatable bonds is 6. The lowest BCUT2D eigenvalue weighted by molar-refractivity contribution is -0.116. The van der Waals surface area contributed by atoms with Crippen LogP contribution in [0.1, 0.15) is 39.1 Å². The van der Waals surface area contributed by atoms with E-state index in [4.69, 9.17) is 14.2 Å². The first-order valence-electron chi connectivity index (χ1n) is 8.31. The highest BCUT2D eigenvalue weighted by molar-refractivity contribution is 6.05. The van der Waals surface area contributed by atoms with Gasteiger partial charge in [-0.3, -0.25) is 9.59 Å². The molecule has 27 heavy (non-hydrogen) atoms. The average Bonchev–Trinajstić information content (AvgIpc) is 2.98. The van der Waals surface area contributed by atoms with Crippen LogP contribution >= 0.6 is 0 Å². The second-order valence-corrected chi connectivity index (χ2v) is 6.08. The quantitative estimate of drug-likeness (QED) is 0.622. The number of benzene rings is 2. The number of carbonyl (C=O) groups is 3. The van der Waals surface area contributed by atoms with Crippen molar-refractivity contribution in [3.05, 3.63) is 53.1 Å². The first kappa shape index (κ1) is 18.4. The molecule has 7 nitrogen and oxygen atoms in total. The predicted molar refractivity (Wildman–Crippen MR) is 97.6 cm³/mol. The zero-order chi connectivity index (χ0) is 19.6. The monoisotopic (exact) mass is 369 g/mol. The number of hydrogen-bond acceptors (Lipinski definition) is 6. The normalized spacial score (nSPS) is 14.9. The first-order chi connectivity index (χ1) is 12.9. The third-order valence-electron chi connectivity index (χ3n) is 4.44. The maximum absolute atomic E-state index is 12.4. The highest BCUT2D eigenvalue weighted by atomic mass is 16.5. The minimum atomic E-state index is -0.643. The molecule has 1 aliphatic heterocycles. The number of methoxy groups -OCH3 is 2. The maximum atomic E-state index is 12.4. The SMILES string of the molecule is COc1ccc(C(=O)OCC(=O)c2ccc3c(c2)[C@@H](C)C(=O)N3)cc1OC. The van der Waals surface area contributed by atoms with E-state index in [1.165, 1.54) is 26.4 Å². The molecular formula is C20H19NO6. The van der Waals surface area contributed by atoms with E-state index in [0.29, 0.717) is 22.7 Å². The Morgan fingerprint density at radius 1 is 1.00 bits per heavy atom. The Morgan fingerprint density at radius 3 is 2.41 bits per heavy atom. The van der Waals surface area contributed by atoms with Crippen LogP contribution in [-0.2, 0) is 9.53 Å². The molecule has 1 amide bonds. The van der Waals surface area contributed by atoms with E-state index in [2.05, 4.69) is 5.32 Å². The maximum Gasteiger partial charge on any atom is 0.338 e. The van der Waals surface area contributed by atoms with Crippen LogP contribution in [0.15, 0.2) is 36.4 Å². The third-order valence-corrected chi connectivity index (χ3v) is 4.44. The molecule has 0 saturated heterocycles. The van der Waals surface area contributed by atoms with E-state index < -0.39 is 12.6 Å². The average molecular weight is 369 g/mol. The summed E-state index contributed by atoms with van der Waals surface area (Å²) < 4.78 is 15.4. The van der Waals surface area contributed by atoms with Gasteiger partial charge in [0.25, 0.3) is 0 Å². The number of amides is 1. The molecule has 0 bridgehead atoms. The Hall–Kier alpha value is -3.35. The van der Waals surface area contributed by atoms with E-state index in [1.54, 1.807) is 31.2 Å². The van der Waals surface area contributed by atoms with Crippen LogP contribution in [0.5, 0.6) is 11.5 Å². The molecule has 2 aromatic carbocycles. The van der Waals surface area contributed by atoms with E-state index in [1.807, 2.05) is 0 Å². The fraction of sp³-hybridized carbons (Fsp3) is 0.250. The minimum Gasteiger partial charge on any atom is -0.493 e. The number of ether oxygens (including phenoxy) is 3. The van der Waals surface area contributed by atoms with Crippen molar-refractivity contribution in [1.82, 2.24) is 0 Å². The number of anilines is 1. The van der Waals surface area contributed by atoms with Gasteiger partial charge in [0.1, 0.15) is 0 Å². The van der Waals surface area contributed by atoms with Gasteiger partial charge in [0.2, 0.25) is 5.91 Å². The van der Waals surface area contributed by atoms with Crippen LogP contribution in [0.4, 0.5) is 5.69 Å². The van der Waals surface area contributed by atoms with Crippen molar-refractivity contribution in [3.8, 4) is 11.5 Å². The molecule has 1 atom stereocenters. The molecule has 2 aromatic rings. The van der Waals surface area contributed by atoms with Crippen molar-refractivity contribution in [2.45, 2.75) is 12.8 Å². The lowest BCUT2D eigenvalue weighted by atomic mass is 9.99. The summed E-state index contributed by atoms with van der Waals surface area (Å²) >= 11 is 0. The molecule has 140 valence electrons. The summed E-state index contributed by atoms with van der Waals surface area (Å²) in [6, 6.07) is 9.54. The minimum absolute atomic E-state index is 0.102. The summed E-state index contributed by atoms with van der Waals surface area (Å²) in [5, 5.41) is 2.75. The number of ketones is 1. The topological polar surface area (TPSA) is 90.9 Å². The number of esters is 1. The van der Waals surface area contributed by atoms with Gasteiger partial charge >= 0.3 is 5.97 Å². The van der Waals surface area contributed by atoms with Crippen molar-refractivity contribution >= 4 is 23.3 Å². The number of hydrogen-bond donors (Lipinski definition) is 1. The Labute approximate surface area is 156 Å². The molecule has 0 aromatic heterocycles. The molecule has 0 unspecified atom stereocenters. The van der Waals surface area contributed by atoms with Crippen LogP contribution in [0.2, 0.25) is 0 Å². The molecule has 0 spiro atoms. The number of carbonyl (C=O) groups excluding carboxylic acids is 3. The van der Waals surface area contributed by atoms with Gasteiger partial charge in [-0.05, 0) is 48.9 Å². The van der Waals surface area contributed by atoms with Crippen molar-refractivity contribution < 1.29 is 28.6 Å². The third kappa shape index (κ3) is 3.62. The van der Waals surface area contributed by atoms with E-state index >= 15 is 0 Å². The molecule has 0 aliphatic carbocycles. The van der Waals surface area contributed by atoms with Crippen LogP contribution in [0, 0.1) is 0 Å². The standard InChI is InChI=1S/C20H19NO6/c1-11-14-8-12(4-6-15(14)21-19(11)23)16(22)10-27-20(24)13-5-7-17(25-2)18(9-13)26-3/h4-9,11H,10H2,1-3H3,(H,21,23)/t11-/m1/s1. The first-order valence-corrected chi connectivity index (χ1v) is 8.31. The zero-order valence-electron chi connectivity index (χ0n) is 15.2. The van der Waals surface area contributed by atoms with Gasteiger partial charge in [0.15, 0.2) is 23.9 Å². The Morgan fingerprint density at radius 2 is 1.70 bits per heavy atom. The fourth-order valence-electron chi connectivity index (χ4n) is 2.85. The van der Waals surface area contributed by atoms with Crippen molar-refractivity contribution in [2.75, 3.05) is 26.1 Å². The summed E-state index contributed by atoms with van der Waals surface area (Å²) in [5.74, 6) is -0.533. The highest BCUT2D eigenvalue weighted by Gasteiger charge is 2.27. The second kappa shape index (κ2) is 7.49. The lowest BCUT2D eigenvalue weighted by Gasteiger charge is -2.10. The highest BCUT2D eigenvalue weighted by Crippen LogP contribution is 2.33. The summed E-state index contributed by atoms with van der Waals surface area (Å²) in [6.07, 6.45) is 0. The van der Waals surface area contributed by atoms with Crippen molar-refractivity contribution in [2.24, 2.45) is 0 Å². The lowest BCUT2D eigenvalue weighted by Crippen LogP contribution is -2.14. The molecule has 0 radical (unpaired) electrons. The summed E-state index contributed by atoms with van der Waals surface area (Å²) in [6.45, 7) is 1.37. The van der Waals surface area contributed by atoms with Crippen LogP contribution in [0.3, 0.4) is 0 Å². The molecule has 0 saturated carbocycles. The zero-order valence-corrected chi connectivity index (χ0v) is 15.2. The summed E-state index contributed by atoms with van der Waals surface area (Å²) in [5.41, 5.74) is 2.10. The number of nitrogens with one attached hydrogen (secondary N) is 1. The van der Waals surface area contributed by atoms with Gasteiger partial charge in [-0.15, -0.1) is 0 Å². The molecule has 0 fully saturated rings. The Bertz CT molecular complexity index is 921. The summed E-state index contributed by atoms with van der Waals surface area (Å²) in [7, 11) is 2.96. The molecule has 7 heteroatoms. The van der Waals surface area contributed by atoms with Crippen LogP contribution in [0.25, 0.3) is 0 Å². The van der Waals surface area contributed by atoms with E-state index in [0.717, 1.165) is 5.56 Å². The van der Waals surface area contributed by atoms with Crippen molar-refractivity contribution in [1.29, 1.82) is 0 Å². The second-order valence-electron chi connectivity index (χ2n) is 6.08. The molecular weight excluding hydrogens is 350 g/mol. The van der Waals surface area contributed by atoms with Gasteiger partial charge in [-0.25, -0.2) is 4.79 Å². The van der Waals surface area contributed by atoms with Crippen LogP contribution in [-0.4, -0.2) is 38.5 Å². The van der Waals surface area contributed by atoms with Crippen molar-refractivity contribution in [3.63, 3.8) is 0 Å². The Kier molecular flexibility index (Phi) is 5.12. The van der Waals surface area contributed by atoms with Gasteiger partial charge in [-0.1, -0.05) is 0 Å². The van der Waals surface area contributed by atoms with Crippen LogP contribution < -0.4 is 14.8 Å². The predicted octanol–water partition coefficient (Wildman–Crippen LogP) is 2.80. The number of fused-ring (bicyclic) bond motifs is 1. The molecule has 1 N–H and O–H groups in total. The van der Waals surface area contributed by atoms with Gasteiger partial charge < -0.3 is 19.5 Å². The molecule has 3 rings (SSSR count).